The van der Waals surface area contributed by atoms with E-state index in [9.17, 15) is 5.11 Å². The zero-order chi connectivity index (χ0) is 12.7. The maximum absolute atomic E-state index is 9.30. The van der Waals surface area contributed by atoms with Gasteiger partial charge < -0.3 is 10.4 Å². The van der Waals surface area contributed by atoms with Crippen molar-refractivity contribution in [3.8, 4) is 0 Å². The Morgan fingerprint density at radius 3 is 2.53 bits per heavy atom. The average molecular weight is 300 g/mol. The highest BCUT2D eigenvalue weighted by atomic mass is 79.9. The van der Waals surface area contributed by atoms with Gasteiger partial charge in [-0.1, -0.05) is 20.8 Å². The van der Waals surface area contributed by atoms with Gasteiger partial charge in [0.15, 0.2) is 0 Å². The van der Waals surface area contributed by atoms with Crippen molar-refractivity contribution in [2.75, 3.05) is 11.9 Å². The second-order valence-corrected chi connectivity index (χ2v) is 6.53. The zero-order valence-electron chi connectivity index (χ0n) is 10.4. The maximum atomic E-state index is 9.30. The fraction of sp³-hybridized carbons (Fsp3) is 0.667. The molecule has 2 rings (SSSR count). The summed E-state index contributed by atoms with van der Waals surface area (Å²) in [6, 6.07) is 1.85. The molecule has 0 aliphatic heterocycles. The number of aliphatic hydroxyl groups is 1. The standard InChI is InChI=1S/C12H18BrN3O/c1-11(2,3)10-14-8(13)6-9(15-10)16-12(7-17)4-5-12/h6,17H,4-5,7H2,1-3H3,(H,14,15,16). The molecule has 0 amide bonds. The first kappa shape index (κ1) is 12.8. The summed E-state index contributed by atoms with van der Waals surface area (Å²) in [5.74, 6) is 1.58. The van der Waals surface area contributed by atoms with Gasteiger partial charge in [-0.2, -0.15) is 0 Å². The molecule has 1 aromatic heterocycles. The van der Waals surface area contributed by atoms with Crippen molar-refractivity contribution in [3.63, 3.8) is 0 Å². The van der Waals surface area contributed by atoms with Crippen LogP contribution in [-0.2, 0) is 5.41 Å². The van der Waals surface area contributed by atoms with Crippen molar-refractivity contribution in [2.45, 2.75) is 44.6 Å². The number of hydrogen-bond acceptors (Lipinski definition) is 4. The van der Waals surface area contributed by atoms with Crippen LogP contribution in [0.5, 0.6) is 0 Å². The van der Waals surface area contributed by atoms with Crippen molar-refractivity contribution in [1.82, 2.24) is 9.97 Å². The lowest BCUT2D eigenvalue weighted by Gasteiger charge is -2.20. The lowest BCUT2D eigenvalue weighted by atomic mass is 9.96. The highest BCUT2D eigenvalue weighted by Crippen LogP contribution is 2.38. The highest BCUT2D eigenvalue weighted by molar-refractivity contribution is 9.10. The minimum atomic E-state index is -0.150. The van der Waals surface area contributed by atoms with E-state index in [0.29, 0.717) is 0 Å². The van der Waals surface area contributed by atoms with E-state index in [1.54, 1.807) is 0 Å². The Kier molecular flexibility index (Phi) is 3.16. The summed E-state index contributed by atoms with van der Waals surface area (Å²) in [6.07, 6.45) is 1.99. The lowest BCUT2D eigenvalue weighted by Crippen LogP contribution is -2.27. The molecule has 2 N–H and O–H groups in total. The first-order chi connectivity index (χ1) is 7.85. The quantitative estimate of drug-likeness (QED) is 0.842. The Balaban J connectivity index is 2.26. The Labute approximate surface area is 110 Å². The number of nitrogens with one attached hydrogen (secondary N) is 1. The van der Waals surface area contributed by atoms with Crippen molar-refractivity contribution in [3.05, 3.63) is 16.5 Å². The molecule has 0 spiro atoms. The summed E-state index contributed by atoms with van der Waals surface area (Å²) >= 11 is 3.40. The molecule has 4 nitrogen and oxygen atoms in total. The van der Waals surface area contributed by atoms with E-state index in [2.05, 4.69) is 52.0 Å². The SMILES string of the molecule is CC(C)(C)c1nc(Br)cc(NC2(CO)CC2)n1. The molecule has 17 heavy (non-hydrogen) atoms. The lowest BCUT2D eigenvalue weighted by molar-refractivity contribution is 0.266. The summed E-state index contributed by atoms with van der Waals surface area (Å²) in [5, 5.41) is 12.6. The summed E-state index contributed by atoms with van der Waals surface area (Å²) in [7, 11) is 0. The van der Waals surface area contributed by atoms with Gasteiger partial charge >= 0.3 is 0 Å². The van der Waals surface area contributed by atoms with Crippen LogP contribution < -0.4 is 5.32 Å². The number of aliphatic hydroxyl groups excluding tert-OH is 1. The van der Waals surface area contributed by atoms with E-state index in [0.717, 1.165) is 29.1 Å². The summed E-state index contributed by atoms with van der Waals surface area (Å²) in [5.41, 5.74) is -0.237. The van der Waals surface area contributed by atoms with Gasteiger partial charge in [-0.25, -0.2) is 9.97 Å². The largest absolute Gasteiger partial charge is 0.394 e. The van der Waals surface area contributed by atoms with Crippen LogP contribution >= 0.6 is 15.9 Å². The van der Waals surface area contributed by atoms with Crippen LogP contribution in [0, 0.1) is 0 Å². The molecule has 0 atom stereocenters. The molecule has 0 aromatic carbocycles. The zero-order valence-corrected chi connectivity index (χ0v) is 12.0. The highest BCUT2D eigenvalue weighted by Gasteiger charge is 2.42. The summed E-state index contributed by atoms with van der Waals surface area (Å²) < 4.78 is 0.772. The molecule has 94 valence electrons. The number of hydrogen-bond donors (Lipinski definition) is 2. The van der Waals surface area contributed by atoms with E-state index in [1.165, 1.54) is 0 Å². The Hall–Kier alpha value is -0.680. The molecule has 1 aromatic rings. The first-order valence-corrected chi connectivity index (χ1v) is 6.58. The monoisotopic (exact) mass is 299 g/mol. The molecule has 0 unspecified atom stereocenters. The molecule has 1 aliphatic carbocycles. The molecule has 5 heteroatoms. The normalized spacial score (nSPS) is 17.9. The number of rotatable bonds is 3. The van der Waals surface area contributed by atoms with Gasteiger partial charge in [-0.15, -0.1) is 0 Å². The first-order valence-electron chi connectivity index (χ1n) is 5.79. The third kappa shape index (κ3) is 2.96. The van der Waals surface area contributed by atoms with E-state index in [4.69, 9.17) is 0 Å². The van der Waals surface area contributed by atoms with Gasteiger partial charge in [0, 0.05) is 11.5 Å². The number of halogens is 1. The minimum Gasteiger partial charge on any atom is -0.394 e. The van der Waals surface area contributed by atoms with Crippen LogP contribution in [-0.4, -0.2) is 27.2 Å². The Morgan fingerprint density at radius 1 is 1.41 bits per heavy atom. The van der Waals surface area contributed by atoms with Crippen molar-refractivity contribution in [2.24, 2.45) is 0 Å². The number of nitrogens with zero attached hydrogens (tertiary/aromatic N) is 2. The molecule has 0 saturated heterocycles. The van der Waals surface area contributed by atoms with Gasteiger partial charge in [0.25, 0.3) is 0 Å². The fourth-order valence-corrected chi connectivity index (χ4v) is 1.95. The smallest absolute Gasteiger partial charge is 0.137 e. The molecule has 0 radical (unpaired) electrons. The summed E-state index contributed by atoms with van der Waals surface area (Å²) in [4.78, 5) is 8.90. The van der Waals surface area contributed by atoms with E-state index >= 15 is 0 Å². The molecule has 1 aliphatic rings. The van der Waals surface area contributed by atoms with Gasteiger partial charge in [0.05, 0.1) is 12.1 Å². The average Bonchev–Trinajstić information content (AvgIpc) is 2.96. The Bertz CT molecular complexity index is 424. The van der Waals surface area contributed by atoms with Crippen LogP contribution in [0.2, 0.25) is 0 Å². The number of anilines is 1. The van der Waals surface area contributed by atoms with E-state index in [-0.39, 0.29) is 17.6 Å². The third-order valence-corrected chi connectivity index (χ3v) is 3.32. The Morgan fingerprint density at radius 2 is 2.06 bits per heavy atom. The molecular formula is C12H18BrN3O. The summed E-state index contributed by atoms with van der Waals surface area (Å²) in [6.45, 7) is 6.39. The molecule has 1 fully saturated rings. The van der Waals surface area contributed by atoms with Gasteiger partial charge in [0.1, 0.15) is 16.2 Å². The second kappa shape index (κ2) is 4.21. The van der Waals surface area contributed by atoms with Crippen LogP contribution in [0.1, 0.15) is 39.4 Å². The molecule has 0 bridgehead atoms. The van der Waals surface area contributed by atoms with Crippen LogP contribution in [0.3, 0.4) is 0 Å². The van der Waals surface area contributed by atoms with Crippen molar-refractivity contribution in [1.29, 1.82) is 0 Å². The van der Waals surface area contributed by atoms with Gasteiger partial charge in [-0.3, -0.25) is 0 Å². The molecule has 1 heterocycles. The van der Waals surface area contributed by atoms with Crippen LogP contribution in [0.4, 0.5) is 5.82 Å². The molecular weight excluding hydrogens is 282 g/mol. The van der Waals surface area contributed by atoms with Crippen molar-refractivity contribution < 1.29 is 5.11 Å². The van der Waals surface area contributed by atoms with Crippen molar-refractivity contribution >= 4 is 21.7 Å². The third-order valence-electron chi connectivity index (χ3n) is 2.92. The van der Waals surface area contributed by atoms with E-state index in [1.807, 2.05) is 6.07 Å². The number of aromatic nitrogens is 2. The van der Waals surface area contributed by atoms with E-state index < -0.39 is 0 Å². The fourth-order valence-electron chi connectivity index (χ4n) is 1.56. The maximum Gasteiger partial charge on any atom is 0.137 e. The van der Waals surface area contributed by atoms with Gasteiger partial charge in [0.2, 0.25) is 0 Å². The topological polar surface area (TPSA) is 58.0 Å². The van der Waals surface area contributed by atoms with Gasteiger partial charge in [-0.05, 0) is 28.8 Å². The molecule has 1 saturated carbocycles. The predicted molar refractivity (Wildman–Crippen MR) is 71.1 cm³/mol. The van der Waals surface area contributed by atoms with Crippen LogP contribution in [0.15, 0.2) is 10.7 Å². The van der Waals surface area contributed by atoms with Crippen LogP contribution in [0.25, 0.3) is 0 Å². The minimum absolute atomic E-state index is 0.0872. The predicted octanol–water partition coefficient (Wildman–Crippen LogP) is 2.47. The second-order valence-electron chi connectivity index (χ2n) is 5.71.